The maximum atomic E-state index is 12.9. The minimum absolute atomic E-state index is 0.0615. The average molecular weight is 1050 g/mol. The first-order valence-electron chi connectivity index (χ1n) is 33.8. The Kier molecular flexibility index (Phi) is 59.3. The van der Waals surface area contributed by atoms with Gasteiger partial charge in [-0.2, -0.15) is 0 Å². The van der Waals surface area contributed by atoms with Crippen molar-refractivity contribution in [1.29, 1.82) is 0 Å². The van der Waals surface area contributed by atoms with E-state index < -0.39 is 6.10 Å². The standard InChI is InChI=1S/C68H132O6/c1-6-8-9-10-11-12-13-14-15-16-17-18-23-30-35-40-45-50-55-60-68(71)74-65(62-73-67(70)59-54-49-44-39-34-29-25-24-27-32-37-42-47-52-57-64(5)7-2)61-72-66(69)58-53-48-43-38-33-28-22-20-19-21-26-31-36-41-46-51-56-63(3)4/h63-65H,6-62H2,1-5H3/t64?,65-/m1/s1. The van der Waals surface area contributed by atoms with E-state index in [1.165, 1.54) is 276 Å². The lowest BCUT2D eigenvalue weighted by Gasteiger charge is -2.18. The summed E-state index contributed by atoms with van der Waals surface area (Å²) < 4.78 is 17.0. The summed E-state index contributed by atoms with van der Waals surface area (Å²) in [5.74, 6) is 0.922. The maximum absolute atomic E-state index is 12.9. The summed E-state index contributed by atoms with van der Waals surface area (Å²) >= 11 is 0. The highest BCUT2D eigenvalue weighted by molar-refractivity contribution is 5.71. The summed E-state index contributed by atoms with van der Waals surface area (Å²) in [6.07, 6.45) is 68.2. The van der Waals surface area contributed by atoms with Gasteiger partial charge in [-0.3, -0.25) is 14.4 Å². The molecule has 6 heteroatoms. The van der Waals surface area contributed by atoms with Crippen LogP contribution in [0.2, 0.25) is 0 Å². The van der Waals surface area contributed by atoms with Crippen molar-refractivity contribution in [3.63, 3.8) is 0 Å². The van der Waals surface area contributed by atoms with E-state index in [4.69, 9.17) is 14.2 Å². The van der Waals surface area contributed by atoms with Crippen LogP contribution in [0.5, 0.6) is 0 Å². The van der Waals surface area contributed by atoms with Crippen LogP contribution in [-0.4, -0.2) is 37.2 Å². The number of unbranched alkanes of at least 4 members (excludes halogenated alkanes) is 46. The zero-order chi connectivity index (χ0) is 53.9. The number of esters is 3. The Balaban J connectivity index is 4.29. The van der Waals surface area contributed by atoms with Crippen molar-refractivity contribution in [3.05, 3.63) is 0 Å². The number of carbonyl (C=O) groups is 3. The van der Waals surface area contributed by atoms with Crippen LogP contribution in [0.15, 0.2) is 0 Å². The molecule has 6 nitrogen and oxygen atoms in total. The molecule has 2 atom stereocenters. The molecule has 0 aromatic rings. The molecule has 0 aliphatic rings. The zero-order valence-corrected chi connectivity index (χ0v) is 51.0. The van der Waals surface area contributed by atoms with Crippen LogP contribution in [0.4, 0.5) is 0 Å². The third-order valence-electron chi connectivity index (χ3n) is 16.1. The van der Waals surface area contributed by atoms with E-state index in [1.807, 2.05) is 0 Å². The Labute approximate surface area is 463 Å². The van der Waals surface area contributed by atoms with E-state index in [1.54, 1.807) is 0 Å². The number of ether oxygens (including phenoxy) is 3. The molecule has 0 fully saturated rings. The monoisotopic (exact) mass is 1050 g/mol. The van der Waals surface area contributed by atoms with E-state index in [9.17, 15) is 14.4 Å². The molecule has 0 saturated carbocycles. The summed E-state index contributed by atoms with van der Waals surface area (Å²) in [5.41, 5.74) is 0. The van der Waals surface area contributed by atoms with Gasteiger partial charge >= 0.3 is 17.9 Å². The van der Waals surface area contributed by atoms with Gasteiger partial charge in [0.2, 0.25) is 0 Å². The van der Waals surface area contributed by atoms with Crippen LogP contribution in [-0.2, 0) is 28.6 Å². The van der Waals surface area contributed by atoms with Crippen LogP contribution in [0, 0.1) is 11.8 Å². The molecule has 0 aromatic heterocycles. The van der Waals surface area contributed by atoms with Crippen LogP contribution in [0.1, 0.15) is 388 Å². The minimum atomic E-state index is -0.764. The van der Waals surface area contributed by atoms with Gasteiger partial charge in [0, 0.05) is 19.3 Å². The molecule has 0 radical (unpaired) electrons. The molecule has 0 N–H and O–H groups in total. The number of rotatable bonds is 62. The first kappa shape index (κ1) is 72.4. The molecule has 74 heavy (non-hydrogen) atoms. The summed E-state index contributed by atoms with van der Waals surface area (Å²) in [4.78, 5) is 38.4. The fourth-order valence-electron chi connectivity index (χ4n) is 10.6. The molecule has 0 aromatic carbocycles. The molecule has 0 amide bonds. The fourth-order valence-corrected chi connectivity index (χ4v) is 10.6. The van der Waals surface area contributed by atoms with Crippen LogP contribution < -0.4 is 0 Å². The first-order valence-corrected chi connectivity index (χ1v) is 33.8. The number of hydrogen-bond donors (Lipinski definition) is 0. The third kappa shape index (κ3) is 59.7. The summed E-state index contributed by atoms with van der Waals surface area (Å²) in [5, 5.41) is 0. The number of carbonyl (C=O) groups excluding carboxylic acids is 3. The Morgan fingerprint density at radius 1 is 0.284 bits per heavy atom. The van der Waals surface area contributed by atoms with E-state index in [0.29, 0.717) is 19.3 Å². The molecule has 1 unspecified atom stereocenters. The van der Waals surface area contributed by atoms with E-state index in [0.717, 1.165) is 69.6 Å². The third-order valence-corrected chi connectivity index (χ3v) is 16.1. The Morgan fingerprint density at radius 2 is 0.514 bits per heavy atom. The Hall–Kier alpha value is -1.59. The lowest BCUT2D eigenvalue weighted by atomic mass is 9.99. The molecular formula is C68H132O6. The predicted molar refractivity (Wildman–Crippen MR) is 321 cm³/mol. The summed E-state index contributed by atoms with van der Waals surface area (Å²) in [6.45, 7) is 11.5. The molecular weight excluding hydrogens is 913 g/mol. The molecule has 0 spiro atoms. The highest BCUT2D eigenvalue weighted by Gasteiger charge is 2.20. The molecule has 0 bridgehead atoms. The van der Waals surface area contributed by atoms with Gasteiger partial charge in [0.15, 0.2) is 6.10 Å². The second-order valence-corrected chi connectivity index (χ2v) is 24.2. The van der Waals surface area contributed by atoms with Crippen LogP contribution in [0.3, 0.4) is 0 Å². The highest BCUT2D eigenvalue weighted by atomic mass is 16.6. The van der Waals surface area contributed by atoms with Gasteiger partial charge in [-0.1, -0.05) is 349 Å². The Bertz CT molecular complexity index is 1140. The van der Waals surface area contributed by atoms with Crippen molar-refractivity contribution in [2.45, 2.75) is 394 Å². The quantitative estimate of drug-likeness (QED) is 0.0343. The van der Waals surface area contributed by atoms with E-state index >= 15 is 0 Å². The highest BCUT2D eigenvalue weighted by Crippen LogP contribution is 2.20. The van der Waals surface area contributed by atoms with E-state index in [-0.39, 0.29) is 31.1 Å². The lowest BCUT2D eigenvalue weighted by molar-refractivity contribution is -0.167. The molecule has 0 rings (SSSR count). The van der Waals surface area contributed by atoms with Crippen LogP contribution in [0.25, 0.3) is 0 Å². The molecule has 0 heterocycles. The van der Waals surface area contributed by atoms with E-state index in [2.05, 4.69) is 34.6 Å². The van der Waals surface area contributed by atoms with Crippen LogP contribution >= 0.6 is 0 Å². The van der Waals surface area contributed by atoms with Crippen molar-refractivity contribution in [2.75, 3.05) is 13.2 Å². The minimum Gasteiger partial charge on any atom is -0.462 e. The smallest absolute Gasteiger partial charge is 0.306 e. The second kappa shape index (κ2) is 60.6. The van der Waals surface area contributed by atoms with Gasteiger partial charge in [0.1, 0.15) is 13.2 Å². The van der Waals surface area contributed by atoms with Gasteiger partial charge in [-0.15, -0.1) is 0 Å². The molecule has 440 valence electrons. The maximum Gasteiger partial charge on any atom is 0.306 e. The van der Waals surface area contributed by atoms with Gasteiger partial charge in [-0.25, -0.2) is 0 Å². The largest absolute Gasteiger partial charge is 0.462 e. The van der Waals surface area contributed by atoms with Crippen molar-refractivity contribution in [3.8, 4) is 0 Å². The van der Waals surface area contributed by atoms with Gasteiger partial charge in [-0.05, 0) is 31.1 Å². The predicted octanol–water partition coefficient (Wildman–Crippen LogP) is 22.8. The fraction of sp³-hybridized carbons (Fsp3) is 0.956. The van der Waals surface area contributed by atoms with Crippen molar-refractivity contribution < 1.29 is 28.6 Å². The molecule has 0 aliphatic carbocycles. The lowest BCUT2D eigenvalue weighted by Crippen LogP contribution is -2.30. The van der Waals surface area contributed by atoms with Crippen molar-refractivity contribution >= 4 is 17.9 Å². The van der Waals surface area contributed by atoms with Crippen molar-refractivity contribution in [1.82, 2.24) is 0 Å². The van der Waals surface area contributed by atoms with Gasteiger partial charge in [0.25, 0.3) is 0 Å². The van der Waals surface area contributed by atoms with Gasteiger partial charge in [0.05, 0.1) is 0 Å². The zero-order valence-electron chi connectivity index (χ0n) is 51.0. The molecule has 0 saturated heterocycles. The summed E-state index contributed by atoms with van der Waals surface area (Å²) in [7, 11) is 0. The van der Waals surface area contributed by atoms with Gasteiger partial charge < -0.3 is 14.2 Å². The molecule has 0 aliphatic heterocycles. The topological polar surface area (TPSA) is 78.9 Å². The average Bonchev–Trinajstić information content (AvgIpc) is 3.39. The normalized spacial score (nSPS) is 12.4. The summed E-state index contributed by atoms with van der Waals surface area (Å²) in [6, 6.07) is 0. The van der Waals surface area contributed by atoms with Crippen molar-refractivity contribution in [2.24, 2.45) is 11.8 Å². The second-order valence-electron chi connectivity index (χ2n) is 24.2. The Morgan fingerprint density at radius 3 is 0.770 bits per heavy atom. The SMILES string of the molecule is CCCCCCCCCCCCCCCCCCCCCC(=O)O[C@H](COC(=O)CCCCCCCCCCCCCCCCCCC(C)C)COC(=O)CCCCCCCCCCCCCCCCC(C)CC. The first-order chi connectivity index (χ1) is 36.3. The number of hydrogen-bond acceptors (Lipinski definition) is 6.